The standard InChI is InChI=1S/C17H16N2O2S/c1-10-14(16(20)21-2)15(19-17(22)18-10)13-8-7-11-5-3-4-6-12(11)9-13/h3-9,15H,1-2H3,(H2,18,19,22)/t15-/m1/s1. The summed E-state index contributed by atoms with van der Waals surface area (Å²) in [5.41, 5.74) is 2.24. The third kappa shape index (κ3) is 2.55. The maximum absolute atomic E-state index is 12.1. The molecule has 0 spiro atoms. The third-order valence-electron chi connectivity index (χ3n) is 3.78. The van der Waals surface area contributed by atoms with Gasteiger partial charge >= 0.3 is 5.97 Å². The minimum atomic E-state index is -0.363. The third-order valence-corrected chi connectivity index (χ3v) is 4.00. The minimum absolute atomic E-state index is 0.314. The van der Waals surface area contributed by atoms with Gasteiger partial charge in [0.15, 0.2) is 5.11 Å². The molecule has 3 rings (SSSR count). The van der Waals surface area contributed by atoms with Crippen molar-refractivity contribution in [2.45, 2.75) is 13.0 Å². The van der Waals surface area contributed by atoms with Crippen LogP contribution in [0, 0.1) is 0 Å². The van der Waals surface area contributed by atoms with Gasteiger partial charge in [0.05, 0.1) is 18.7 Å². The van der Waals surface area contributed by atoms with Crippen LogP contribution < -0.4 is 10.6 Å². The number of carbonyl (C=O) groups excluding carboxylic acids is 1. The van der Waals surface area contributed by atoms with Crippen LogP contribution in [0.5, 0.6) is 0 Å². The van der Waals surface area contributed by atoms with Gasteiger partial charge in [-0.2, -0.15) is 0 Å². The van der Waals surface area contributed by atoms with Crippen LogP contribution in [0.15, 0.2) is 53.7 Å². The maximum atomic E-state index is 12.1. The number of carbonyl (C=O) groups is 1. The fraction of sp³-hybridized carbons (Fsp3) is 0.176. The number of hydrogen-bond acceptors (Lipinski definition) is 3. The first-order chi connectivity index (χ1) is 10.6. The SMILES string of the molecule is COC(=O)C1=C(C)NC(=S)N[C@@H]1c1ccc2ccccc2c1. The van der Waals surface area contributed by atoms with Crippen molar-refractivity contribution in [1.29, 1.82) is 0 Å². The molecule has 1 atom stereocenters. The Morgan fingerprint density at radius 2 is 1.91 bits per heavy atom. The van der Waals surface area contributed by atoms with Crippen molar-refractivity contribution in [3.63, 3.8) is 0 Å². The van der Waals surface area contributed by atoms with E-state index in [-0.39, 0.29) is 12.0 Å². The quantitative estimate of drug-likeness (QED) is 0.660. The second-order valence-corrected chi connectivity index (χ2v) is 5.58. The predicted octanol–water partition coefficient (Wildman–Crippen LogP) is 2.81. The molecule has 22 heavy (non-hydrogen) atoms. The normalized spacial score (nSPS) is 17.9. The second-order valence-electron chi connectivity index (χ2n) is 5.17. The number of ether oxygens (including phenoxy) is 1. The molecule has 2 aromatic rings. The molecule has 5 heteroatoms. The highest BCUT2D eigenvalue weighted by atomic mass is 32.1. The molecule has 2 aromatic carbocycles. The van der Waals surface area contributed by atoms with Crippen molar-refractivity contribution < 1.29 is 9.53 Å². The Kier molecular flexibility index (Phi) is 3.81. The molecule has 0 radical (unpaired) electrons. The Hall–Kier alpha value is -2.40. The lowest BCUT2D eigenvalue weighted by Gasteiger charge is -2.29. The zero-order valence-electron chi connectivity index (χ0n) is 12.3. The summed E-state index contributed by atoms with van der Waals surface area (Å²) in [6.45, 7) is 1.83. The fourth-order valence-electron chi connectivity index (χ4n) is 2.71. The topological polar surface area (TPSA) is 50.4 Å². The zero-order valence-corrected chi connectivity index (χ0v) is 13.2. The lowest BCUT2D eigenvalue weighted by Crippen LogP contribution is -2.45. The lowest BCUT2D eigenvalue weighted by atomic mass is 9.94. The molecule has 0 amide bonds. The number of fused-ring (bicyclic) bond motifs is 1. The molecule has 0 fully saturated rings. The second kappa shape index (κ2) is 5.77. The highest BCUT2D eigenvalue weighted by molar-refractivity contribution is 7.80. The lowest BCUT2D eigenvalue weighted by molar-refractivity contribution is -0.136. The number of allylic oxidation sites excluding steroid dienone is 1. The van der Waals surface area contributed by atoms with E-state index in [0.717, 1.165) is 16.3 Å². The van der Waals surface area contributed by atoms with E-state index < -0.39 is 0 Å². The van der Waals surface area contributed by atoms with Crippen LogP contribution in [0.1, 0.15) is 18.5 Å². The first-order valence-electron chi connectivity index (χ1n) is 6.95. The van der Waals surface area contributed by atoms with Gasteiger partial charge in [-0.1, -0.05) is 36.4 Å². The summed E-state index contributed by atoms with van der Waals surface area (Å²) in [5, 5.41) is 8.91. The number of nitrogens with one attached hydrogen (secondary N) is 2. The van der Waals surface area contributed by atoms with Crippen LogP contribution >= 0.6 is 12.2 Å². The van der Waals surface area contributed by atoms with Gasteiger partial charge in [0.1, 0.15) is 0 Å². The molecule has 0 saturated carbocycles. The van der Waals surface area contributed by atoms with Gasteiger partial charge in [0, 0.05) is 5.70 Å². The molecule has 1 aliphatic rings. The van der Waals surface area contributed by atoms with Crippen molar-refractivity contribution in [3.8, 4) is 0 Å². The number of hydrogen-bond donors (Lipinski definition) is 2. The summed E-state index contributed by atoms with van der Waals surface area (Å²) in [6.07, 6.45) is 0. The van der Waals surface area contributed by atoms with Crippen molar-refractivity contribution >= 4 is 34.1 Å². The van der Waals surface area contributed by atoms with Crippen molar-refractivity contribution in [2.75, 3.05) is 7.11 Å². The van der Waals surface area contributed by atoms with E-state index in [2.05, 4.69) is 22.8 Å². The molecule has 0 bridgehead atoms. The van der Waals surface area contributed by atoms with E-state index in [4.69, 9.17) is 17.0 Å². The summed E-state index contributed by atoms with van der Waals surface area (Å²) < 4.78 is 4.91. The van der Waals surface area contributed by atoms with Crippen molar-refractivity contribution in [1.82, 2.24) is 10.6 Å². The van der Waals surface area contributed by atoms with Crippen LogP contribution in [-0.2, 0) is 9.53 Å². The minimum Gasteiger partial charge on any atom is -0.466 e. The number of benzene rings is 2. The molecule has 4 nitrogen and oxygen atoms in total. The molecule has 0 aliphatic carbocycles. The van der Waals surface area contributed by atoms with Crippen LogP contribution in [-0.4, -0.2) is 18.2 Å². The first kappa shape index (κ1) is 14.5. The molecule has 2 N–H and O–H groups in total. The summed E-state index contributed by atoms with van der Waals surface area (Å²) in [4.78, 5) is 12.1. The number of rotatable bonds is 2. The van der Waals surface area contributed by atoms with Crippen LogP contribution in [0.4, 0.5) is 0 Å². The molecule has 0 saturated heterocycles. The smallest absolute Gasteiger partial charge is 0.337 e. The zero-order chi connectivity index (χ0) is 15.7. The fourth-order valence-corrected chi connectivity index (χ4v) is 2.98. The number of esters is 1. The van der Waals surface area contributed by atoms with Gasteiger partial charge in [0.2, 0.25) is 0 Å². The van der Waals surface area contributed by atoms with Gasteiger partial charge in [-0.05, 0) is 41.5 Å². The van der Waals surface area contributed by atoms with Crippen molar-refractivity contribution in [2.24, 2.45) is 0 Å². The van der Waals surface area contributed by atoms with E-state index in [9.17, 15) is 4.79 Å². The maximum Gasteiger partial charge on any atom is 0.337 e. The highest BCUT2D eigenvalue weighted by Gasteiger charge is 2.30. The largest absolute Gasteiger partial charge is 0.466 e. The molecule has 1 heterocycles. The summed E-state index contributed by atoms with van der Waals surface area (Å²) >= 11 is 5.22. The molecule has 0 unspecified atom stereocenters. The Morgan fingerprint density at radius 3 is 2.64 bits per heavy atom. The Balaban J connectivity index is 2.11. The summed E-state index contributed by atoms with van der Waals surface area (Å²) in [6, 6.07) is 13.9. The van der Waals surface area contributed by atoms with Gasteiger partial charge < -0.3 is 15.4 Å². The highest BCUT2D eigenvalue weighted by Crippen LogP contribution is 2.29. The van der Waals surface area contributed by atoms with E-state index in [0.29, 0.717) is 16.4 Å². The van der Waals surface area contributed by atoms with Gasteiger partial charge in [-0.15, -0.1) is 0 Å². The first-order valence-corrected chi connectivity index (χ1v) is 7.36. The molecular weight excluding hydrogens is 296 g/mol. The predicted molar refractivity (Wildman–Crippen MR) is 90.3 cm³/mol. The van der Waals surface area contributed by atoms with Gasteiger partial charge in [-0.3, -0.25) is 0 Å². The number of methoxy groups -OCH3 is 1. The Labute approximate surface area is 134 Å². The number of thiocarbonyl (C=S) groups is 1. The molecule has 112 valence electrons. The van der Waals surface area contributed by atoms with Crippen LogP contribution in [0.25, 0.3) is 10.8 Å². The molecule has 1 aliphatic heterocycles. The van der Waals surface area contributed by atoms with Gasteiger partial charge in [0.25, 0.3) is 0 Å². The van der Waals surface area contributed by atoms with E-state index in [1.165, 1.54) is 7.11 Å². The van der Waals surface area contributed by atoms with E-state index in [1.54, 1.807) is 0 Å². The van der Waals surface area contributed by atoms with Crippen molar-refractivity contribution in [3.05, 3.63) is 59.3 Å². The van der Waals surface area contributed by atoms with E-state index in [1.807, 2.05) is 37.3 Å². The van der Waals surface area contributed by atoms with Gasteiger partial charge in [-0.25, -0.2) is 4.79 Å². The van der Waals surface area contributed by atoms with Crippen LogP contribution in [0.3, 0.4) is 0 Å². The molecular formula is C17H16N2O2S. The monoisotopic (exact) mass is 312 g/mol. The summed E-state index contributed by atoms with van der Waals surface area (Å²) in [7, 11) is 1.38. The Bertz CT molecular complexity index is 798. The average molecular weight is 312 g/mol. The average Bonchev–Trinajstić information content (AvgIpc) is 2.53. The Morgan fingerprint density at radius 1 is 1.18 bits per heavy atom. The molecule has 0 aromatic heterocycles. The summed E-state index contributed by atoms with van der Waals surface area (Å²) in [5.74, 6) is -0.363. The van der Waals surface area contributed by atoms with E-state index >= 15 is 0 Å². The van der Waals surface area contributed by atoms with Crippen LogP contribution in [0.2, 0.25) is 0 Å².